The van der Waals surface area contributed by atoms with Crippen LogP contribution in [0.15, 0.2) is 48.5 Å². The molecule has 0 bridgehead atoms. The van der Waals surface area contributed by atoms with E-state index in [0.717, 1.165) is 49.9 Å². The molecule has 6 nitrogen and oxygen atoms in total. The summed E-state index contributed by atoms with van der Waals surface area (Å²) in [7, 11) is -1.74. The minimum Gasteiger partial charge on any atom is -0.497 e. The standard InChI is InChI=1S/C23H32ClN3O3S/c1-3-19-31(28,29)27(20-9-11-21(30-2)12-10-20)14-6-13-25-15-17-26(18-16-25)23-8-5-4-7-22(23)24/h4-5,7-12H,3,6,13-19H2,1-2H3. The molecule has 2 aromatic carbocycles. The molecule has 8 heteroatoms. The largest absolute Gasteiger partial charge is 0.497 e. The number of rotatable bonds is 10. The summed E-state index contributed by atoms with van der Waals surface area (Å²) >= 11 is 6.33. The van der Waals surface area contributed by atoms with E-state index < -0.39 is 10.0 Å². The fourth-order valence-electron chi connectivity index (χ4n) is 3.90. The Morgan fingerprint density at radius 2 is 1.71 bits per heavy atom. The van der Waals surface area contributed by atoms with Gasteiger partial charge in [-0.1, -0.05) is 30.7 Å². The summed E-state index contributed by atoms with van der Waals surface area (Å²) in [5.41, 5.74) is 1.78. The first-order valence-corrected chi connectivity index (χ1v) is 12.8. The first kappa shape index (κ1) is 23.7. The lowest BCUT2D eigenvalue weighted by Gasteiger charge is -2.36. The lowest BCUT2D eigenvalue weighted by Crippen LogP contribution is -2.47. The van der Waals surface area contributed by atoms with Crippen molar-refractivity contribution in [2.75, 3.05) is 61.3 Å². The molecule has 0 unspecified atom stereocenters. The Bertz CT molecular complexity index is 929. The minimum absolute atomic E-state index is 0.148. The predicted octanol–water partition coefficient (Wildman–Crippen LogP) is 4.11. The molecule has 0 radical (unpaired) electrons. The van der Waals surface area contributed by atoms with Crippen molar-refractivity contribution < 1.29 is 13.2 Å². The van der Waals surface area contributed by atoms with Crippen LogP contribution < -0.4 is 13.9 Å². The number of halogens is 1. The van der Waals surface area contributed by atoms with E-state index in [0.29, 0.717) is 24.4 Å². The number of nitrogens with zero attached hydrogens (tertiary/aromatic N) is 3. The molecular weight excluding hydrogens is 434 g/mol. The van der Waals surface area contributed by atoms with Crippen LogP contribution in [0.2, 0.25) is 5.02 Å². The molecule has 1 saturated heterocycles. The molecule has 3 rings (SSSR count). The molecule has 0 aromatic heterocycles. The zero-order chi connectivity index (χ0) is 22.3. The Morgan fingerprint density at radius 1 is 1.03 bits per heavy atom. The molecule has 170 valence electrons. The second kappa shape index (κ2) is 11.1. The summed E-state index contributed by atoms with van der Waals surface area (Å²) in [5.74, 6) is 0.864. The maximum atomic E-state index is 12.9. The number of hydrogen-bond donors (Lipinski definition) is 0. The van der Waals surface area contributed by atoms with Gasteiger partial charge < -0.3 is 9.64 Å². The van der Waals surface area contributed by atoms with E-state index in [-0.39, 0.29) is 5.75 Å². The summed E-state index contributed by atoms with van der Waals surface area (Å²) < 4.78 is 32.5. The first-order chi connectivity index (χ1) is 14.9. The van der Waals surface area contributed by atoms with Gasteiger partial charge in [-0.15, -0.1) is 0 Å². The molecule has 0 atom stereocenters. The fraction of sp³-hybridized carbons (Fsp3) is 0.478. The summed E-state index contributed by atoms with van der Waals surface area (Å²) in [6.07, 6.45) is 1.38. The van der Waals surface area contributed by atoms with E-state index in [1.165, 1.54) is 0 Å². The van der Waals surface area contributed by atoms with E-state index in [9.17, 15) is 8.42 Å². The summed E-state index contributed by atoms with van der Waals surface area (Å²) in [6.45, 7) is 6.94. The van der Waals surface area contributed by atoms with Gasteiger partial charge in [-0.3, -0.25) is 9.21 Å². The zero-order valence-electron chi connectivity index (χ0n) is 18.3. The monoisotopic (exact) mass is 465 g/mol. The fourth-order valence-corrected chi connectivity index (χ4v) is 5.75. The van der Waals surface area contributed by atoms with Crippen LogP contribution in [0.25, 0.3) is 0 Å². The summed E-state index contributed by atoms with van der Waals surface area (Å²) in [4.78, 5) is 4.71. The van der Waals surface area contributed by atoms with Gasteiger partial charge in [0.25, 0.3) is 0 Å². The van der Waals surface area contributed by atoms with Crippen LogP contribution in [0.1, 0.15) is 19.8 Å². The second-order valence-electron chi connectivity index (χ2n) is 7.72. The summed E-state index contributed by atoms with van der Waals surface area (Å²) in [5, 5.41) is 0.784. The van der Waals surface area contributed by atoms with Crippen molar-refractivity contribution >= 4 is 33.0 Å². The third-order valence-electron chi connectivity index (χ3n) is 5.56. The molecule has 0 spiro atoms. The highest BCUT2D eigenvalue weighted by molar-refractivity contribution is 7.92. The zero-order valence-corrected chi connectivity index (χ0v) is 19.9. The van der Waals surface area contributed by atoms with Gasteiger partial charge in [0.15, 0.2) is 0 Å². The number of anilines is 2. The SMILES string of the molecule is CCCS(=O)(=O)N(CCCN1CCN(c2ccccc2Cl)CC1)c1ccc(OC)cc1. The molecular formula is C23H32ClN3O3S. The quantitative estimate of drug-likeness (QED) is 0.528. The van der Waals surface area contributed by atoms with Gasteiger partial charge >= 0.3 is 0 Å². The molecule has 1 heterocycles. The van der Waals surface area contributed by atoms with Gasteiger partial charge in [0.1, 0.15) is 5.75 Å². The van der Waals surface area contributed by atoms with Crippen LogP contribution in [-0.4, -0.2) is 65.4 Å². The molecule has 0 N–H and O–H groups in total. The van der Waals surface area contributed by atoms with Crippen LogP contribution in [0, 0.1) is 0 Å². The smallest absolute Gasteiger partial charge is 0.235 e. The van der Waals surface area contributed by atoms with Gasteiger partial charge in [-0.05, 0) is 49.2 Å². The first-order valence-electron chi connectivity index (χ1n) is 10.8. The number of methoxy groups -OCH3 is 1. The molecule has 0 saturated carbocycles. The molecule has 31 heavy (non-hydrogen) atoms. The number of sulfonamides is 1. The molecule has 0 aliphatic carbocycles. The van der Waals surface area contributed by atoms with Crippen molar-refractivity contribution in [2.24, 2.45) is 0 Å². The van der Waals surface area contributed by atoms with Crippen molar-refractivity contribution in [3.63, 3.8) is 0 Å². The Hall–Kier alpha value is -1.96. The van der Waals surface area contributed by atoms with Crippen molar-refractivity contribution in [1.29, 1.82) is 0 Å². The van der Waals surface area contributed by atoms with Gasteiger partial charge in [-0.25, -0.2) is 8.42 Å². The number of benzene rings is 2. The van der Waals surface area contributed by atoms with Gasteiger partial charge in [0.05, 0.1) is 29.3 Å². The highest BCUT2D eigenvalue weighted by Gasteiger charge is 2.23. The number of ether oxygens (including phenoxy) is 1. The average molecular weight is 466 g/mol. The van der Waals surface area contributed by atoms with E-state index in [4.69, 9.17) is 16.3 Å². The van der Waals surface area contributed by atoms with Crippen LogP contribution in [0.4, 0.5) is 11.4 Å². The Morgan fingerprint density at radius 3 is 2.32 bits per heavy atom. The van der Waals surface area contributed by atoms with Crippen LogP contribution in [0.3, 0.4) is 0 Å². The Kier molecular flexibility index (Phi) is 8.46. The van der Waals surface area contributed by atoms with E-state index >= 15 is 0 Å². The molecule has 2 aromatic rings. The van der Waals surface area contributed by atoms with Crippen molar-refractivity contribution in [2.45, 2.75) is 19.8 Å². The third-order valence-corrected chi connectivity index (χ3v) is 7.87. The Balaban J connectivity index is 1.56. The van der Waals surface area contributed by atoms with Gasteiger partial charge in [-0.2, -0.15) is 0 Å². The van der Waals surface area contributed by atoms with E-state index in [1.807, 2.05) is 37.3 Å². The average Bonchev–Trinajstić information content (AvgIpc) is 2.77. The van der Waals surface area contributed by atoms with Gasteiger partial charge in [0, 0.05) is 39.3 Å². The van der Waals surface area contributed by atoms with E-state index in [1.54, 1.807) is 23.5 Å². The van der Waals surface area contributed by atoms with Crippen LogP contribution in [0.5, 0.6) is 5.75 Å². The van der Waals surface area contributed by atoms with Crippen LogP contribution in [-0.2, 0) is 10.0 Å². The van der Waals surface area contributed by atoms with Crippen LogP contribution >= 0.6 is 11.6 Å². The maximum Gasteiger partial charge on any atom is 0.235 e. The number of para-hydroxylation sites is 1. The van der Waals surface area contributed by atoms with Crippen molar-refractivity contribution in [1.82, 2.24) is 4.90 Å². The molecule has 1 aliphatic heterocycles. The highest BCUT2D eigenvalue weighted by atomic mass is 35.5. The molecule has 1 fully saturated rings. The number of piperazine rings is 1. The van der Waals surface area contributed by atoms with E-state index in [2.05, 4.69) is 15.9 Å². The van der Waals surface area contributed by atoms with Crippen molar-refractivity contribution in [3.05, 3.63) is 53.6 Å². The van der Waals surface area contributed by atoms with Crippen molar-refractivity contribution in [3.8, 4) is 5.75 Å². The summed E-state index contributed by atoms with van der Waals surface area (Å²) in [6, 6.07) is 15.2. The second-order valence-corrected chi connectivity index (χ2v) is 10.1. The maximum absolute atomic E-state index is 12.9. The van der Waals surface area contributed by atoms with Gasteiger partial charge in [0.2, 0.25) is 10.0 Å². The Labute approximate surface area is 191 Å². The highest BCUT2D eigenvalue weighted by Crippen LogP contribution is 2.26. The molecule has 1 aliphatic rings. The predicted molar refractivity (Wildman–Crippen MR) is 129 cm³/mol. The topological polar surface area (TPSA) is 53.1 Å². The lowest BCUT2D eigenvalue weighted by atomic mass is 10.2. The number of hydrogen-bond acceptors (Lipinski definition) is 5. The lowest BCUT2D eigenvalue weighted by molar-refractivity contribution is 0.256. The minimum atomic E-state index is -3.35. The normalized spacial score (nSPS) is 15.1. The molecule has 0 amide bonds. The third kappa shape index (κ3) is 6.28.